The zero-order valence-electron chi connectivity index (χ0n) is 16.0. The fourth-order valence-corrected chi connectivity index (χ4v) is 3.69. The largest absolute Gasteiger partial charge is 0.366 e. The molecule has 0 bridgehead atoms. The van der Waals surface area contributed by atoms with Crippen molar-refractivity contribution in [3.8, 4) is 0 Å². The summed E-state index contributed by atoms with van der Waals surface area (Å²) in [6.07, 6.45) is 0.632. The maximum absolute atomic E-state index is 12.4. The van der Waals surface area contributed by atoms with Crippen molar-refractivity contribution in [2.24, 2.45) is 5.73 Å². The maximum atomic E-state index is 12.4. The van der Waals surface area contributed by atoms with Gasteiger partial charge in [-0.2, -0.15) is 0 Å². The normalized spacial score (nSPS) is 12.4. The number of rotatable bonds is 4. The van der Waals surface area contributed by atoms with Gasteiger partial charge in [-0.3, -0.25) is 4.79 Å². The van der Waals surface area contributed by atoms with E-state index in [4.69, 9.17) is 5.73 Å². The van der Waals surface area contributed by atoms with E-state index in [1.165, 1.54) is 0 Å². The van der Waals surface area contributed by atoms with Crippen LogP contribution >= 0.6 is 0 Å². The van der Waals surface area contributed by atoms with Crippen molar-refractivity contribution in [2.75, 3.05) is 10.6 Å². The highest BCUT2D eigenvalue weighted by molar-refractivity contribution is 6.28. The van der Waals surface area contributed by atoms with Gasteiger partial charge in [-0.1, -0.05) is 48.5 Å². The van der Waals surface area contributed by atoms with Crippen molar-refractivity contribution < 1.29 is 9.59 Å². The van der Waals surface area contributed by atoms with Crippen LogP contribution in [-0.4, -0.2) is 11.9 Å². The minimum absolute atomic E-state index is 0.327. The molecule has 5 nitrogen and oxygen atoms in total. The van der Waals surface area contributed by atoms with Crippen LogP contribution in [0.15, 0.2) is 72.8 Å². The highest BCUT2D eigenvalue weighted by Crippen LogP contribution is 2.38. The first-order chi connectivity index (χ1) is 14.0. The lowest BCUT2D eigenvalue weighted by Gasteiger charge is -2.11. The molecule has 0 aliphatic heterocycles. The molecular weight excluding hydrogens is 362 g/mol. The standard InChI is InChI=1S/C24H21N3O2/c1-15-6-4-9-18(12-15)26-24(29)27-19-10-5-8-16(13-19)21-14-17-7-2-3-11-20(17)22(21)23(25)28/h2-13H,14H2,1H3,(H2,25,28)(H2,26,27,29). The number of hydrogen-bond acceptors (Lipinski definition) is 2. The van der Waals surface area contributed by atoms with Gasteiger partial charge < -0.3 is 16.4 Å². The molecule has 144 valence electrons. The number of urea groups is 1. The maximum Gasteiger partial charge on any atom is 0.323 e. The first-order valence-electron chi connectivity index (χ1n) is 9.37. The molecule has 1 aliphatic rings. The van der Waals surface area contributed by atoms with Crippen molar-refractivity contribution in [3.05, 3.63) is 95.1 Å². The second-order valence-corrected chi connectivity index (χ2v) is 7.08. The molecule has 0 aromatic heterocycles. The van der Waals surface area contributed by atoms with Crippen LogP contribution in [0.3, 0.4) is 0 Å². The molecule has 0 spiro atoms. The predicted molar refractivity (Wildman–Crippen MR) is 116 cm³/mol. The molecule has 0 unspecified atom stereocenters. The van der Waals surface area contributed by atoms with E-state index < -0.39 is 5.91 Å². The number of fused-ring (bicyclic) bond motifs is 1. The molecule has 4 N–H and O–H groups in total. The molecule has 0 saturated heterocycles. The molecule has 0 fully saturated rings. The van der Waals surface area contributed by atoms with Gasteiger partial charge in [0.2, 0.25) is 5.91 Å². The molecule has 0 atom stereocenters. The van der Waals surface area contributed by atoms with Gasteiger partial charge in [0.05, 0.1) is 5.57 Å². The number of benzene rings is 3. The molecule has 1 aliphatic carbocycles. The second-order valence-electron chi connectivity index (χ2n) is 7.08. The number of carbonyl (C=O) groups excluding carboxylic acids is 2. The second kappa shape index (κ2) is 7.64. The number of aryl methyl sites for hydroxylation is 1. The van der Waals surface area contributed by atoms with Crippen LogP contribution in [0.2, 0.25) is 0 Å². The van der Waals surface area contributed by atoms with Gasteiger partial charge in [-0.15, -0.1) is 0 Å². The zero-order chi connectivity index (χ0) is 20.4. The minimum atomic E-state index is -0.444. The Morgan fingerprint density at radius 1 is 0.862 bits per heavy atom. The van der Waals surface area contributed by atoms with E-state index in [9.17, 15) is 9.59 Å². The summed E-state index contributed by atoms with van der Waals surface area (Å²) < 4.78 is 0. The lowest BCUT2D eigenvalue weighted by Crippen LogP contribution is -2.19. The van der Waals surface area contributed by atoms with E-state index >= 15 is 0 Å². The first-order valence-corrected chi connectivity index (χ1v) is 9.37. The first kappa shape index (κ1) is 18.5. The third kappa shape index (κ3) is 3.89. The van der Waals surface area contributed by atoms with Gasteiger partial charge in [0.25, 0.3) is 0 Å². The number of allylic oxidation sites excluding steroid dienone is 1. The third-order valence-electron chi connectivity index (χ3n) is 4.95. The molecule has 5 heteroatoms. The highest BCUT2D eigenvalue weighted by Gasteiger charge is 2.25. The molecule has 3 amide bonds. The number of amides is 3. The number of nitrogens with two attached hydrogens (primary N) is 1. The fraction of sp³-hybridized carbons (Fsp3) is 0.0833. The summed E-state index contributed by atoms with van der Waals surface area (Å²) >= 11 is 0. The van der Waals surface area contributed by atoms with E-state index in [-0.39, 0.29) is 6.03 Å². The summed E-state index contributed by atoms with van der Waals surface area (Å²) in [6.45, 7) is 1.97. The van der Waals surface area contributed by atoms with Crippen molar-refractivity contribution >= 4 is 34.5 Å². The lowest BCUT2D eigenvalue weighted by molar-refractivity contribution is -0.112. The number of nitrogens with one attached hydrogen (secondary N) is 2. The van der Waals surface area contributed by atoms with Crippen LogP contribution in [0.1, 0.15) is 22.3 Å². The van der Waals surface area contributed by atoms with Crippen LogP contribution in [0.4, 0.5) is 16.2 Å². The molecule has 4 rings (SSSR count). The topological polar surface area (TPSA) is 84.2 Å². The van der Waals surface area contributed by atoms with Crippen LogP contribution in [0.5, 0.6) is 0 Å². The van der Waals surface area contributed by atoms with E-state index in [0.29, 0.717) is 17.7 Å². The van der Waals surface area contributed by atoms with Crippen molar-refractivity contribution in [2.45, 2.75) is 13.3 Å². The van der Waals surface area contributed by atoms with Crippen LogP contribution in [-0.2, 0) is 11.2 Å². The summed E-state index contributed by atoms with van der Waals surface area (Å²) in [7, 11) is 0. The van der Waals surface area contributed by atoms with Crippen molar-refractivity contribution in [1.82, 2.24) is 0 Å². The van der Waals surface area contributed by atoms with Crippen LogP contribution < -0.4 is 16.4 Å². The fourth-order valence-electron chi connectivity index (χ4n) is 3.69. The van der Waals surface area contributed by atoms with Crippen molar-refractivity contribution in [1.29, 1.82) is 0 Å². The summed E-state index contributed by atoms with van der Waals surface area (Å²) in [5.41, 5.74) is 12.4. The Bertz CT molecular complexity index is 1150. The van der Waals surface area contributed by atoms with Crippen molar-refractivity contribution in [3.63, 3.8) is 0 Å². The minimum Gasteiger partial charge on any atom is -0.366 e. The third-order valence-corrected chi connectivity index (χ3v) is 4.95. The Balaban J connectivity index is 1.58. The molecule has 29 heavy (non-hydrogen) atoms. The number of carbonyl (C=O) groups is 2. The Hall–Kier alpha value is -3.86. The van der Waals surface area contributed by atoms with E-state index in [2.05, 4.69) is 10.6 Å². The summed E-state index contributed by atoms with van der Waals surface area (Å²) in [6, 6.07) is 22.5. The zero-order valence-corrected chi connectivity index (χ0v) is 16.0. The summed E-state index contributed by atoms with van der Waals surface area (Å²) in [5, 5.41) is 5.68. The Morgan fingerprint density at radius 2 is 1.55 bits per heavy atom. The molecule has 0 saturated carbocycles. The molecular formula is C24H21N3O2. The van der Waals surface area contributed by atoms with Gasteiger partial charge in [0, 0.05) is 11.4 Å². The number of primary amides is 1. The monoisotopic (exact) mass is 383 g/mol. The van der Waals surface area contributed by atoms with Gasteiger partial charge >= 0.3 is 6.03 Å². The van der Waals surface area contributed by atoms with E-state index in [0.717, 1.165) is 33.5 Å². The average molecular weight is 383 g/mol. The van der Waals surface area contributed by atoms with E-state index in [1.807, 2.05) is 79.7 Å². The summed E-state index contributed by atoms with van der Waals surface area (Å²) in [4.78, 5) is 24.5. The molecule has 3 aromatic rings. The summed E-state index contributed by atoms with van der Waals surface area (Å²) in [5.74, 6) is -0.444. The van der Waals surface area contributed by atoms with E-state index in [1.54, 1.807) is 0 Å². The number of anilines is 2. The van der Waals surface area contributed by atoms with Gasteiger partial charge in [-0.05, 0) is 65.4 Å². The van der Waals surface area contributed by atoms with Gasteiger partial charge in [0.1, 0.15) is 0 Å². The molecule has 0 heterocycles. The van der Waals surface area contributed by atoms with Crippen LogP contribution in [0, 0.1) is 6.92 Å². The molecule has 3 aromatic carbocycles. The quantitative estimate of drug-likeness (QED) is 0.615. The Morgan fingerprint density at radius 3 is 2.28 bits per heavy atom. The average Bonchev–Trinajstić information content (AvgIpc) is 3.08. The molecule has 0 radical (unpaired) electrons. The van der Waals surface area contributed by atoms with Gasteiger partial charge in [-0.25, -0.2) is 4.79 Å². The highest BCUT2D eigenvalue weighted by atomic mass is 16.2. The lowest BCUT2D eigenvalue weighted by atomic mass is 9.99. The Kier molecular flexibility index (Phi) is 4.87. The predicted octanol–water partition coefficient (Wildman–Crippen LogP) is 4.59. The number of hydrogen-bond donors (Lipinski definition) is 3. The Labute approximate surface area is 169 Å². The van der Waals surface area contributed by atoms with Gasteiger partial charge in [0.15, 0.2) is 0 Å². The smallest absolute Gasteiger partial charge is 0.323 e. The van der Waals surface area contributed by atoms with Crippen LogP contribution in [0.25, 0.3) is 11.1 Å². The SMILES string of the molecule is Cc1cccc(NC(=O)Nc2cccc(C3=C(C(N)=O)c4ccccc4C3)c2)c1.